The Bertz CT molecular complexity index is 321. The molecule has 1 fully saturated rings. The number of rotatable bonds is 3. The summed E-state index contributed by atoms with van der Waals surface area (Å²) in [6, 6.07) is 0. The van der Waals surface area contributed by atoms with Gasteiger partial charge in [-0.1, -0.05) is 0 Å². The Kier molecular flexibility index (Phi) is 2.88. The van der Waals surface area contributed by atoms with E-state index in [1.807, 2.05) is 0 Å². The van der Waals surface area contributed by atoms with Gasteiger partial charge in [0.2, 0.25) is 0 Å². The van der Waals surface area contributed by atoms with E-state index in [9.17, 15) is 17.6 Å². The number of alkyl halides is 4. The molecule has 0 aromatic rings. The molecule has 0 saturated carbocycles. The van der Waals surface area contributed by atoms with Gasteiger partial charge in [0.15, 0.2) is 5.76 Å². The third-order valence-electron chi connectivity index (χ3n) is 2.80. The fourth-order valence-electron chi connectivity index (χ4n) is 2.03. The topological polar surface area (TPSA) is 9.23 Å². The first-order valence-electron chi connectivity index (χ1n) is 5.18. The van der Waals surface area contributed by atoms with Crippen LogP contribution in [0.3, 0.4) is 0 Å². The molecule has 0 radical (unpaired) electrons. The molecule has 92 valence electrons. The molecule has 0 aromatic heterocycles. The lowest BCUT2D eigenvalue weighted by molar-refractivity contribution is -0.219. The molecule has 2 rings (SSSR count). The zero-order valence-corrected chi connectivity index (χ0v) is 9.55. The summed E-state index contributed by atoms with van der Waals surface area (Å²) in [6.45, 7) is 1.50. The first-order chi connectivity index (χ1) is 7.43. The van der Waals surface area contributed by atoms with Crippen LogP contribution in [0.4, 0.5) is 17.6 Å². The van der Waals surface area contributed by atoms with Crippen molar-refractivity contribution in [3.63, 3.8) is 0 Å². The van der Waals surface area contributed by atoms with Crippen LogP contribution in [0.2, 0.25) is 0 Å². The van der Waals surface area contributed by atoms with Crippen LogP contribution in [0.15, 0.2) is 11.3 Å². The molecule has 0 bridgehead atoms. The smallest absolute Gasteiger partial charge is 0.370 e. The molecule has 1 nitrogen and oxygen atoms in total. The van der Waals surface area contributed by atoms with E-state index in [0.717, 1.165) is 12.2 Å². The zero-order chi connectivity index (χ0) is 12.0. The molecular formula is C10H12F4OS. The summed E-state index contributed by atoms with van der Waals surface area (Å²) in [5.74, 6) is -8.20. The number of hydrogen-bond donors (Lipinski definition) is 0. The Hall–Kier alpha value is -0.390. The monoisotopic (exact) mass is 256 g/mol. The molecule has 0 N–H and O–H groups in total. The van der Waals surface area contributed by atoms with Gasteiger partial charge in [-0.15, -0.1) is 0 Å². The predicted octanol–water partition coefficient (Wildman–Crippen LogP) is 3.46. The Morgan fingerprint density at radius 3 is 2.50 bits per heavy atom. The van der Waals surface area contributed by atoms with Gasteiger partial charge < -0.3 is 4.74 Å². The van der Waals surface area contributed by atoms with Gasteiger partial charge >= 0.3 is 11.8 Å². The van der Waals surface area contributed by atoms with Crippen LogP contribution in [0, 0.1) is 0 Å². The third kappa shape index (κ3) is 1.45. The van der Waals surface area contributed by atoms with E-state index in [4.69, 9.17) is 4.74 Å². The van der Waals surface area contributed by atoms with Crippen molar-refractivity contribution in [1.29, 1.82) is 0 Å². The molecule has 1 aliphatic carbocycles. The van der Waals surface area contributed by atoms with E-state index in [-0.39, 0.29) is 6.61 Å². The lowest BCUT2D eigenvalue weighted by Gasteiger charge is -2.42. The van der Waals surface area contributed by atoms with Crippen LogP contribution in [0.1, 0.15) is 19.8 Å². The van der Waals surface area contributed by atoms with Crippen molar-refractivity contribution in [3.8, 4) is 0 Å². The minimum Gasteiger partial charge on any atom is -0.491 e. The van der Waals surface area contributed by atoms with E-state index < -0.39 is 28.4 Å². The van der Waals surface area contributed by atoms with E-state index in [1.165, 1.54) is 18.7 Å². The quantitative estimate of drug-likeness (QED) is 0.715. The Morgan fingerprint density at radius 1 is 1.31 bits per heavy atom. The highest BCUT2D eigenvalue weighted by molar-refractivity contribution is 8.00. The average molecular weight is 256 g/mol. The zero-order valence-electron chi connectivity index (χ0n) is 8.73. The minimum atomic E-state index is -4.12. The van der Waals surface area contributed by atoms with E-state index >= 15 is 0 Å². The van der Waals surface area contributed by atoms with Crippen LogP contribution in [-0.4, -0.2) is 29.5 Å². The van der Waals surface area contributed by atoms with Crippen LogP contribution >= 0.6 is 11.8 Å². The molecule has 1 unspecified atom stereocenters. The minimum absolute atomic E-state index is 0.0120. The fourth-order valence-corrected chi connectivity index (χ4v) is 3.40. The summed E-state index contributed by atoms with van der Waals surface area (Å²) >= 11 is 1.31. The third-order valence-corrected chi connectivity index (χ3v) is 4.20. The van der Waals surface area contributed by atoms with Crippen LogP contribution in [0.25, 0.3) is 0 Å². The number of thioether (sulfide) groups is 1. The Labute approximate surface area is 95.2 Å². The second kappa shape index (κ2) is 3.82. The average Bonchev–Trinajstić information content (AvgIpc) is 2.69. The number of allylic oxidation sites excluding steroid dienone is 1. The molecule has 1 saturated heterocycles. The lowest BCUT2D eigenvalue weighted by Crippen LogP contribution is -2.56. The van der Waals surface area contributed by atoms with Gasteiger partial charge in [0, 0.05) is 5.25 Å². The van der Waals surface area contributed by atoms with Crippen molar-refractivity contribution in [2.24, 2.45) is 0 Å². The van der Waals surface area contributed by atoms with Crippen LogP contribution in [0.5, 0.6) is 0 Å². The summed E-state index contributed by atoms with van der Waals surface area (Å²) in [7, 11) is 0. The molecule has 6 heteroatoms. The van der Waals surface area contributed by atoms with Crippen molar-refractivity contribution >= 4 is 11.8 Å². The molecular weight excluding hydrogens is 244 g/mol. The van der Waals surface area contributed by atoms with E-state index in [2.05, 4.69) is 0 Å². The summed E-state index contributed by atoms with van der Waals surface area (Å²) in [4.78, 5) is 0. The van der Waals surface area contributed by atoms with Crippen molar-refractivity contribution in [2.45, 2.75) is 36.9 Å². The number of halogens is 4. The van der Waals surface area contributed by atoms with E-state index in [1.54, 1.807) is 0 Å². The second-order valence-corrected chi connectivity index (χ2v) is 5.14. The maximum absolute atomic E-state index is 13.3. The van der Waals surface area contributed by atoms with Gasteiger partial charge in [0.1, 0.15) is 0 Å². The van der Waals surface area contributed by atoms with Gasteiger partial charge in [-0.2, -0.15) is 29.3 Å². The predicted molar refractivity (Wildman–Crippen MR) is 54.0 cm³/mol. The standard InChI is InChI=1S/C10H12F4OS/c1-2-15-8-7(6-4-3-5-16-6)9(11,12)10(8,13)14/h6H,2-5H2,1H3. The summed E-state index contributed by atoms with van der Waals surface area (Å²) in [5.41, 5.74) is -0.484. The van der Waals surface area contributed by atoms with Crippen molar-refractivity contribution in [2.75, 3.05) is 12.4 Å². The molecule has 1 atom stereocenters. The Balaban J connectivity index is 2.33. The largest absolute Gasteiger partial charge is 0.491 e. The molecule has 0 spiro atoms. The summed E-state index contributed by atoms with van der Waals surface area (Å²) in [6.07, 6.45) is 1.32. The highest BCUT2D eigenvalue weighted by atomic mass is 32.2. The first kappa shape index (κ1) is 12.1. The van der Waals surface area contributed by atoms with Gasteiger partial charge in [0.05, 0.1) is 12.2 Å². The highest BCUT2D eigenvalue weighted by Crippen LogP contribution is 2.59. The molecule has 1 aliphatic heterocycles. The number of hydrogen-bond acceptors (Lipinski definition) is 2. The van der Waals surface area contributed by atoms with Gasteiger partial charge in [0.25, 0.3) is 0 Å². The normalized spacial score (nSPS) is 31.4. The van der Waals surface area contributed by atoms with Gasteiger partial charge in [-0.25, -0.2) is 0 Å². The number of ether oxygens (including phenoxy) is 1. The Morgan fingerprint density at radius 2 is 2.00 bits per heavy atom. The van der Waals surface area contributed by atoms with Gasteiger partial charge in [-0.05, 0) is 25.5 Å². The van der Waals surface area contributed by atoms with Crippen LogP contribution < -0.4 is 0 Å². The first-order valence-corrected chi connectivity index (χ1v) is 6.23. The van der Waals surface area contributed by atoms with Crippen molar-refractivity contribution in [3.05, 3.63) is 11.3 Å². The fraction of sp³-hybridized carbons (Fsp3) is 0.800. The maximum Gasteiger partial charge on any atom is 0.370 e. The van der Waals surface area contributed by atoms with Crippen molar-refractivity contribution < 1.29 is 22.3 Å². The SMILES string of the molecule is CCOC1=C(C2CCCS2)C(F)(F)C1(F)F. The molecule has 0 amide bonds. The molecule has 0 aromatic carbocycles. The van der Waals surface area contributed by atoms with Crippen molar-refractivity contribution in [1.82, 2.24) is 0 Å². The summed E-state index contributed by atoms with van der Waals surface area (Å²) in [5, 5.41) is -0.504. The summed E-state index contributed by atoms with van der Waals surface area (Å²) < 4.78 is 57.6. The van der Waals surface area contributed by atoms with Gasteiger partial charge in [-0.3, -0.25) is 0 Å². The molecule has 16 heavy (non-hydrogen) atoms. The second-order valence-electron chi connectivity index (χ2n) is 3.83. The van der Waals surface area contributed by atoms with E-state index in [0.29, 0.717) is 6.42 Å². The lowest BCUT2D eigenvalue weighted by atomic mass is 9.83. The molecule has 2 aliphatic rings. The highest BCUT2D eigenvalue weighted by Gasteiger charge is 2.74. The molecule has 1 heterocycles. The van der Waals surface area contributed by atoms with Crippen LogP contribution in [-0.2, 0) is 4.74 Å². The maximum atomic E-state index is 13.3.